The molecule has 2 heterocycles. The van der Waals surface area contributed by atoms with E-state index in [4.69, 9.17) is 21.4 Å². The molecular formula is C26H31N9O3. The lowest BCUT2D eigenvalue weighted by atomic mass is 10.1. The molecule has 0 spiro atoms. The molecule has 38 heavy (non-hydrogen) atoms. The molecule has 0 bridgehead atoms. The number of hydrogen-bond donors (Lipinski definition) is 4. The lowest BCUT2D eigenvalue weighted by Gasteiger charge is -2.12. The van der Waals surface area contributed by atoms with E-state index in [1.165, 1.54) is 0 Å². The first kappa shape index (κ1) is 26.5. The van der Waals surface area contributed by atoms with Crippen LogP contribution in [0.4, 0.5) is 11.5 Å². The Morgan fingerprint density at radius 1 is 1.13 bits per heavy atom. The van der Waals surface area contributed by atoms with Crippen LogP contribution in [0.2, 0.25) is 0 Å². The van der Waals surface area contributed by atoms with E-state index in [1.54, 1.807) is 28.8 Å². The Balaban J connectivity index is 0.00000420. The highest BCUT2D eigenvalue weighted by molar-refractivity contribution is 5.99. The van der Waals surface area contributed by atoms with Gasteiger partial charge in [0.1, 0.15) is 0 Å². The number of unbranched alkanes of at least 4 members (excludes halogenated alkanes) is 1. The van der Waals surface area contributed by atoms with Crippen LogP contribution in [-0.4, -0.2) is 50.7 Å². The van der Waals surface area contributed by atoms with E-state index >= 15 is 0 Å². The molecule has 4 aromatic rings. The molecule has 12 nitrogen and oxygen atoms in total. The zero-order valence-corrected chi connectivity index (χ0v) is 20.8. The van der Waals surface area contributed by atoms with Gasteiger partial charge in [-0.3, -0.25) is 9.59 Å². The number of fused-ring (bicyclic) bond motifs is 1. The van der Waals surface area contributed by atoms with Crippen LogP contribution in [0.25, 0.3) is 22.6 Å². The topological polar surface area (TPSA) is 191 Å². The fraction of sp³-hybridized carbons (Fsp3) is 0.308. The van der Waals surface area contributed by atoms with Crippen molar-refractivity contribution >= 4 is 34.2 Å². The van der Waals surface area contributed by atoms with Gasteiger partial charge in [-0.25, -0.2) is 9.61 Å². The van der Waals surface area contributed by atoms with E-state index in [0.29, 0.717) is 53.6 Å². The number of rotatable bonds is 13. The zero-order chi connectivity index (χ0) is 26.9. The third kappa shape index (κ3) is 6.20. The average molecular weight is 518 g/mol. The number of nitrogens with zero attached hydrogens (tertiary/aromatic N) is 5. The number of Topliss-reactive ketones (excluding diaryl/α,β-unsaturated/α-hetero) is 1. The number of anilines is 2. The molecule has 0 aliphatic heterocycles. The van der Waals surface area contributed by atoms with Crippen LogP contribution in [0, 0.1) is 11.3 Å². The number of nitrogens with one attached hydrogen (secondary N) is 2. The van der Waals surface area contributed by atoms with E-state index in [2.05, 4.69) is 32.0 Å². The highest BCUT2D eigenvalue weighted by Crippen LogP contribution is 2.28. The lowest BCUT2D eigenvalue weighted by molar-refractivity contribution is -0.117. The smallest absolute Gasteiger partial charge is 0.241 e. The first-order chi connectivity index (χ1) is 18.5. The van der Waals surface area contributed by atoms with Gasteiger partial charge < -0.3 is 26.7 Å². The first-order valence-corrected chi connectivity index (χ1v) is 12.3. The highest BCUT2D eigenvalue weighted by atomic mass is 16.6. The van der Waals surface area contributed by atoms with Gasteiger partial charge >= 0.3 is 0 Å². The molecule has 6 N–H and O–H groups in total. The summed E-state index contributed by atoms with van der Waals surface area (Å²) < 4.78 is 6.68. The summed E-state index contributed by atoms with van der Waals surface area (Å²) in [5.41, 5.74) is 14.2. The molecule has 2 aromatic carbocycles. The standard InChI is InChI=1S/C26H29N9O3.H2/c27-13-4-3-6-19(29)26(37)31-18-11-9-17(10-12-18)22(36)16-35-21-8-2-1-7-20(21)32-25(35)23-24(34-38-33-23)30-15-5-14-28;/h1-2,7-12,19H,3-6,13,15-16,27,29H2,(H,30,34)(H,31,37);1H/t19-;/m0./s1. The van der Waals surface area contributed by atoms with Crippen molar-refractivity contribution in [1.29, 1.82) is 5.26 Å². The Labute approximate surface area is 220 Å². The zero-order valence-electron chi connectivity index (χ0n) is 20.8. The summed E-state index contributed by atoms with van der Waals surface area (Å²) in [5.74, 6) is 0.301. The fourth-order valence-corrected chi connectivity index (χ4v) is 3.95. The molecule has 2 aromatic heterocycles. The highest BCUT2D eigenvalue weighted by Gasteiger charge is 2.22. The number of nitrogens with two attached hydrogens (primary N) is 2. The maximum atomic E-state index is 13.3. The molecule has 1 atom stereocenters. The minimum Gasteiger partial charge on any atom is -0.364 e. The maximum absolute atomic E-state index is 13.3. The van der Waals surface area contributed by atoms with Crippen molar-refractivity contribution < 1.29 is 15.6 Å². The van der Waals surface area contributed by atoms with Gasteiger partial charge in [-0.05, 0) is 66.1 Å². The van der Waals surface area contributed by atoms with Crippen LogP contribution in [0.1, 0.15) is 37.5 Å². The molecule has 0 fully saturated rings. The van der Waals surface area contributed by atoms with Crippen molar-refractivity contribution in [2.24, 2.45) is 11.5 Å². The van der Waals surface area contributed by atoms with Crippen LogP contribution in [-0.2, 0) is 11.3 Å². The number of benzene rings is 2. The predicted octanol–water partition coefficient (Wildman–Crippen LogP) is 2.94. The summed E-state index contributed by atoms with van der Waals surface area (Å²) in [6.45, 7) is 0.909. The molecule has 0 radical (unpaired) electrons. The molecule has 12 heteroatoms. The lowest BCUT2D eigenvalue weighted by Crippen LogP contribution is -2.35. The Morgan fingerprint density at radius 2 is 1.92 bits per heavy atom. The molecule has 0 saturated carbocycles. The number of nitriles is 1. The molecule has 0 aliphatic carbocycles. The first-order valence-electron chi connectivity index (χ1n) is 12.3. The molecule has 0 unspecified atom stereocenters. The third-order valence-electron chi connectivity index (χ3n) is 5.97. The Morgan fingerprint density at radius 3 is 2.68 bits per heavy atom. The van der Waals surface area contributed by atoms with Crippen molar-refractivity contribution in [2.75, 3.05) is 23.7 Å². The number of amides is 1. The van der Waals surface area contributed by atoms with E-state index in [0.717, 1.165) is 18.4 Å². The van der Waals surface area contributed by atoms with Gasteiger partial charge in [0.15, 0.2) is 17.3 Å². The van der Waals surface area contributed by atoms with Crippen molar-refractivity contribution in [1.82, 2.24) is 19.9 Å². The van der Waals surface area contributed by atoms with Crippen LogP contribution >= 0.6 is 0 Å². The SMILES string of the molecule is N#CCCNc1nonc1-c1nc2ccccc2n1CC(=O)c1ccc(NC(=O)[C@@H](N)CCCCN)cc1.[HH]. The van der Waals surface area contributed by atoms with Crippen molar-refractivity contribution in [3.63, 3.8) is 0 Å². The summed E-state index contributed by atoms with van der Waals surface area (Å²) in [4.78, 5) is 30.3. The molecule has 198 valence electrons. The van der Waals surface area contributed by atoms with Crippen molar-refractivity contribution in [3.8, 4) is 17.6 Å². The maximum Gasteiger partial charge on any atom is 0.241 e. The number of ketones is 1. The summed E-state index contributed by atoms with van der Waals surface area (Å²) in [7, 11) is 0. The van der Waals surface area contributed by atoms with E-state index in [1.807, 2.05) is 24.3 Å². The number of hydrogen-bond acceptors (Lipinski definition) is 10. The van der Waals surface area contributed by atoms with Crippen molar-refractivity contribution in [3.05, 3.63) is 54.1 Å². The number of para-hydroxylation sites is 2. The van der Waals surface area contributed by atoms with Gasteiger partial charge in [-0.2, -0.15) is 5.26 Å². The molecular weight excluding hydrogens is 486 g/mol. The van der Waals surface area contributed by atoms with Gasteiger partial charge in [0.05, 0.1) is 36.1 Å². The van der Waals surface area contributed by atoms with Gasteiger partial charge in [0.25, 0.3) is 0 Å². The van der Waals surface area contributed by atoms with Crippen LogP contribution in [0.15, 0.2) is 53.2 Å². The summed E-state index contributed by atoms with van der Waals surface area (Å²) >= 11 is 0. The minimum atomic E-state index is -0.624. The third-order valence-corrected chi connectivity index (χ3v) is 5.97. The normalized spacial score (nSPS) is 11.7. The van der Waals surface area contributed by atoms with Crippen molar-refractivity contribution in [2.45, 2.75) is 38.3 Å². The van der Waals surface area contributed by atoms with E-state index in [-0.39, 0.29) is 26.1 Å². The Hall–Kier alpha value is -4.60. The number of carbonyl (C=O) groups is 2. The second-order valence-electron chi connectivity index (χ2n) is 8.69. The number of carbonyl (C=O) groups excluding carboxylic acids is 2. The largest absolute Gasteiger partial charge is 0.364 e. The molecule has 1 amide bonds. The predicted molar refractivity (Wildman–Crippen MR) is 144 cm³/mol. The fourth-order valence-electron chi connectivity index (χ4n) is 3.95. The Kier molecular flexibility index (Phi) is 8.76. The average Bonchev–Trinajstić information content (AvgIpc) is 3.53. The Bertz CT molecular complexity index is 1440. The van der Waals surface area contributed by atoms with Gasteiger partial charge in [0.2, 0.25) is 11.7 Å². The van der Waals surface area contributed by atoms with Gasteiger partial charge in [0, 0.05) is 19.2 Å². The quantitative estimate of drug-likeness (QED) is 0.151. The van der Waals surface area contributed by atoms with E-state index < -0.39 is 6.04 Å². The number of aromatic nitrogens is 4. The summed E-state index contributed by atoms with van der Waals surface area (Å²) in [5, 5.41) is 22.5. The summed E-state index contributed by atoms with van der Waals surface area (Å²) in [6, 6.07) is 15.5. The minimum absolute atomic E-state index is 0. The second kappa shape index (κ2) is 12.6. The second-order valence-corrected chi connectivity index (χ2v) is 8.69. The van der Waals surface area contributed by atoms with E-state index in [9.17, 15) is 9.59 Å². The van der Waals surface area contributed by atoms with Crippen LogP contribution < -0.4 is 22.1 Å². The summed E-state index contributed by atoms with van der Waals surface area (Å²) in [6.07, 6.45) is 2.43. The van der Waals surface area contributed by atoms with Crippen LogP contribution in [0.5, 0.6) is 0 Å². The molecule has 0 aliphatic rings. The monoisotopic (exact) mass is 517 g/mol. The molecule has 0 saturated heterocycles. The van der Waals surface area contributed by atoms with Crippen LogP contribution in [0.3, 0.4) is 0 Å². The van der Waals surface area contributed by atoms with Gasteiger partial charge in [-0.1, -0.05) is 18.6 Å². The number of imidazole rings is 1. The van der Waals surface area contributed by atoms with Gasteiger partial charge in [-0.15, -0.1) is 0 Å². The molecule has 4 rings (SSSR count).